The average molecular weight is 412 g/mol. The van der Waals surface area contributed by atoms with Gasteiger partial charge in [-0.3, -0.25) is 9.59 Å². The van der Waals surface area contributed by atoms with Crippen LogP contribution in [0.5, 0.6) is 0 Å². The molecule has 144 valence electrons. The summed E-state index contributed by atoms with van der Waals surface area (Å²) >= 11 is 3.15. The first-order valence-electron chi connectivity index (χ1n) is 9.37. The van der Waals surface area contributed by atoms with Gasteiger partial charge in [-0.15, -0.1) is 22.7 Å². The van der Waals surface area contributed by atoms with Crippen LogP contribution >= 0.6 is 22.7 Å². The molecule has 0 aliphatic carbocycles. The van der Waals surface area contributed by atoms with E-state index in [9.17, 15) is 9.59 Å². The van der Waals surface area contributed by atoms with Gasteiger partial charge in [-0.1, -0.05) is 36.4 Å². The zero-order valence-electron chi connectivity index (χ0n) is 15.3. The minimum atomic E-state index is -0.443. The number of nitrogens with one attached hydrogen (secondary N) is 2. The first kappa shape index (κ1) is 18.8. The molecule has 0 saturated carbocycles. The van der Waals surface area contributed by atoms with Crippen LogP contribution in [0.4, 0.5) is 0 Å². The Balaban J connectivity index is 1.57. The lowest BCUT2D eigenvalue weighted by Gasteiger charge is -2.15. The second-order valence-corrected chi connectivity index (χ2v) is 8.75. The fourth-order valence-corrected chi connectivity index (χ4v) is 5.14. The summed E-state index contributed by atoms with van der Waals surface area (Å²) in [6.07, 6.45) is 2.80. The molecule has 1 saturated heterocycles. The van der Waals surface area contributed by atoms with E-state index in [-0.39, 0.29) is 18.2 Å². The predicted molar refractivity (Wildman–Crippen MR) is 113 cm³/mol. The van der Waals surface area contributed by atoms with Gasteiger partial charge in [0.1, 0.15) is 11.0 Å². The molecule has 2 N–H and O–H groups in total. The van der Waals surface area contributed by atoms with Gasteiger partial charge in [0.05, 0.1) is 17.0 Å². The molecule has 1 aliphatic heterocycles. The van der Waals surface area contributed by atoms with Gasteiger partial charge >= 0.3 is 0 Å². The molecule has 28 heavy (non-hydrogen) atoms. The molecule has 0 spiro atoms. The minimum absolute atomic E-state index is 0.0846. The third-order valence-corrected chi connectivity index (χ3v) is 6.65. The normalized spacial score (nSPS) is 17.0. The Morgan fingerprint density at radius 2 is 2.04 bits per heavy atom. The molecule has 1 unspecified atom stereocenters. The van der Waals surface area contributed by atoms with Crippen LogP contribution < -0.4 is 10.6 Å². The molecule has 4 rings (SSSR count). The molecule has 5 nitrogen and oxygen atoms in total. The number of hydrogen-bond donors (Lipinski definition) is 2. The van der Waals surface area contributed by atoms with Crippen molar-refractivity contribution in [3.8, 4) is 21.1 Å². The van der Waals surface area contributed by atoms with Crippen molar-refractivity contribution in [2.75, 3.05) is 6.54 Å². The maximum Gasteiger partial charge on any atom is 0.242 e. The summed E-state index contributed by atoms with van der Waals surface area (Å²) in [5, 5.41) is 8.68. The largest absolute Gasteiger partial charge is 0.354 e. The molecule has 1 atom stereocenters. The highest BCUT2D eigenvalue weighted by Gasteiger charge is 2.24. The third kappa shape index (κ3) is 4.31. The summed E-state index contributed by atoms with van der Waals surface area (Å²) in [6.45, 7) is 0.684. The summed E-state index contributed by atoms with van der Waals surface area (Å²) < 4.78 is 0. The standard InChI is InChI=1S/C21H21N3O2S2/c25-18(23-15-9-4-5-11-22-20(15)26)13-17-19(16-10-6-12-27-16)24-21(28-17)14-7-2-1-3-8-14/h1-3,6-8,10,12,15H,4-5,9,11,13H2,(H,22,26)(H,23,25). The van der Waals surface area contributed by atoms with E-state index in [4.69, 9.17) is 4.98 Å². The van der Waals surface area contributed by atoms with Crippen molar-refractivity contribution in [1.29, 1.82) is 0 Å². The van der Waals surface area contributed by atoms with Gasteiger partial charge in [-0.2, -0.15) is 0 Å². The lowest BCUT2D eigenvalue weighted by molar-refractivity contribution is -0.128. The summed E-state index contributed by atoms with van der Waals surface area (Å²) in [4.78, 5) is 31.6. The average Bonchev–Trinajstić information content (AvgIpc) is 3.33. The monoisotopic (exact) mass is 411 g/mol. The van der Waals surface area contributed by atoms with Crippen LogP contribution in [0.2, 0.25) is 0 Å². The SMILES string of the molecule is O=C(Cc1sc(-c2ccccc2)nc1-c1cccs1)NC1CCCCNC1=O. The van der Waals surface area contributed by atoms with Crippen LogP contribution in [-0.4, -0.2) is 29.4 Å². The maximum absolute atomic E-state index is 12.7. The summed E-state index contributed by atoms with van der Waals surface area (Å²) in [7, 11) is 0. The van der Waals surface area contributed by atoms with Gasteiger partial charge in [0, 0.05) is 17.0 Å². The molecule has 1 aliphatic rings. The molecule has 0 radical (unpaired) electrons. The minimum Gasteiger partial charge on any atom is -0.354 e. The Labute approximate surface area is 171 Å². The van der Waals surface area contributed by atoms with Crippen molar-refractivity contribution in [1.82, 2.24) is 15.6 Å². The Morgan fingerprint density at radius 3 is 2.82 bits per heavy atom. The van der Waals surface area contributed by atoms with E-state index in [2.05, 4.69) is 10.6 Å². The highest BCUT2D eigenvalue weighted by atomic mass is 32.1. The number of aromatic nitrogens is 1. The fraction of sp³-hybridized carbons (Fsp3) is 0.286. The number of thiazole rings is 1. The van der Waals surface area contributed by atoms with Gasteiger partial charge in [0.2, 0.25) is 11.8 Å². The van der Waals surface area contributed by atoms with E-state index in [1.807, 2.05) is 47.8 Å². The Bertz CT molecular complexity index is 951. The number of carbonyl (C=O) groups excluding carboxylic acids is 2. The molecular formula is C21H21N3O2S2. The third-order valence-electron chi connectivity index (χ3n) is 4.66. The van der Waals surface area contributed by atoms with Crippen LogP contribution in [0, 0.1) is 0 Å². The summed E-state index contributed by atoms with van der Waals surface area (Å²) in [5.41, 5.74) is 1.90. The Morgan fingerprint density at radius 1 is 1.18 bits per heavy atom. The van der Waals surface area contributed by atoms with Gasteiger partial charge in [0.15, 0.2) is 0 Å². The molecule has 1 aromatic carbocycles. The van der Waals surface area contributed by atoms with E-state index in [0.717, 1.165) is 38.9 Å². The maximum atomic E-state index is 12.7. The van der Waals surface area contributed by atoms with E-state index < -0.39 is 6.04 Å². The predicted octanol–water partition coefficient (Wildman–Crippen LogP) is 3.87. The molecule has 0 bridgehead atoms. The number of rotatable bonds is 5. The van der Waals surface area contributed by atoms with E-state index in [0.29, 0.717) is 13.0 Å². The van der Waals surface area contributed by atoms with Crippen LogP contribution in [-0.2, 0) is 16.0 Å². The van der Waals surface area contributed by atoms with E-state index in [1.165, 1.54) is 0 Å². The highest BCUT2D eigenvalue weighted by molar-refractivity contribution is 7.17. The summed E-state index contributed by atoms with van der Waals surface area (Å²) in [5.74, 6) is -0.221. The van der Waals surface area contributed by atoms with Crippen molar-refractivity contribution in [2.24, 2.45) is 0 Å². The molecule has 3 aromatic rings. The number of nitrogens with zero attached hydrogens (tertiary/aromatic N) is 1. The zero-order valence-corrected chi connectivity index (χ0v) is 16.9. The molecule has 3 heterocycles. The van der Waals surface area contributed by atoms with Crippen LogP contribution in [0.25, 0.3) is 21.1 Å². The van der Waals surface area contributed by atoms with E-state index >= 15 is 0 Å². The van der Waals surface area contributed by atoms with Crippen LogP contribution in [0.15, 0.2) is 47.8 Å². The number of thiophene rings is 1. The van der Waals surface area contributed by atoms with Gasteiger partial charge in [-0.25, -0.2) is 4.98 Å². The number of benzene rings is 1. The van der Waals surface area contributed by atoms with Crippen molar-refractivity contribution < 1.29 is 9.59 Å². The number of hydrogen-bond acceptors (Lipinski definition) is 5. The lowest BCUT2D eigenvalue weighted by atomic mass is 10.1. The van der Waals surface area contributed by atoms with Crippen LogP contribution in [0.3, 0.4) is 0 Å². The fourth-order valence-electron chi connectivity index (χ4n) is 3.25. The molecule has 7 heteroatoms. The smallest absolute Gasteiger partial charge is 0.242 e. The van der Waals surface area contributed by atoms with Crippen molar-refractivity contribution in [2.45, 2.75) is 31.7 Å². The van der Waals surface area contributed by atoms with Crippen molar-refractivity contribution in [3.63, 3.8) is 0 Å². The first-order chi connectivity index (χ1) is 13.7. The topological polar surface area (TPSA) is 71.1 Å². The van der Waals surface area contributed by atoms with Gasteiger partial charge in [-0.05, 0) is 30.7 Å². The second kappa shape index (κ2) is 8.67. The van der Waals surface area contributed by atoms with Crippen molar-refractivity contribution >= 4 is 34.5 Å². The molecule has 2 aromatic heterocycles. The number of amides is 2. The molecule has 1 fully saturated rings. The van der Waals surface area contributed by atoms with Crippen LogP contribution in [0.1, 0.15) is 24.1 Å². The lowest BCUT2D eigenvalue weighted by Crippen LogP contribution is -2.45. The zero-order chi connectivity index (χ0) is 19.3. The van der Waals surface area contributed by atoms with Gasteiger partial charge in [0.25, 0.3) is 0 Å². The summed E-state index contributed by atoms with van der Waals surface area (Å²) in [6, 6.07) is 13.6. The second-order valence-electron chi connectivity index (χ2n) is 6.72. The Hall–Kier alpha value is -2.51. The molecule has 2 amide bonds. The van der Waals surface area contributed by atoms with E-state index in [1.54, 1.807) is 22.7 Å². The number of carbonyl (C=O) groups is 2. The molecular weight excluding hydrogens is 390 g/mol. The Kier molecular flexibility index (Phi) is 5.83. The first-order valence-corrected chi connectivity index (χ1v) is 11.1. The van der Waals surface area contributed by atoms with Crippen molar-refractivity contribution in [3.05, 3.63) is 52.7 Å². The quantitative estimate of drug-likeness (QED) is 0.670. The van der Waals surface area contributed by atoms with Gasteiger partial charge < -0.3 is 10.6 Å². The highest BCUT2D eigenvalue weighted by Crippen LogP contribution is 2.36.